The van der Waals surface area contributed by atoms with Gasteiger partial charge in [0.15, 0.2) is 0 Å². The lowest BCUT2D eigenvalue weighted by Crippen LogP contribution is -2.62. The second kappa shape index (κ2) is 5.14. The molecule has 0 spiro atoms. The number of piperazine rings is 1. The maximum Gasteiger partial charge on any atom is 0.246 e. The molecule has 1 aliphatic heterocycles. The predicted octanol–water partition coefficient (Wildman–Crippen LogP) is 1.08. The third-order valence-electron chi connectivity index (χ3n) is 2.76. The first-order chi connectivity index (χ1) is 7.47. The number of carbonyl (C=O) groups excluding carboxylic acids is 2. The van der Waals surface area contributed by atoms with Crippen LogP contribution in [0.3, 0.4) is 0 Å². The molecule has 1 heterocycles. The molecular formula is C12H20N2O2. The van der Waals surface area contributed by atoms with Crippen molar-refractivity contribution >= 4 is 11.8 Å². The number of hydrogen-bond donors (Lipinski definition) is 1. The Morgan fingerprint density at radius 2 is 2.12 bits per heavy atom. The van der Waals surface area contributed by atoms with E-state index in [0.29, 0.717) is 13.0 Å². The van der Waals surface area contributed by atoms with Crippen LogP contribution in [-0.4, -0.2) is 35.3 Å². The van der Waals surface area contributed by atoms with E-state index in [1.165, 1.54) is 0 Å². The van der Waals surface area contributed by atoms with Crippen LogP contribution in [0.25, 0.3) is 0 Å². The molecule has 16 heavy (non-hydrogen) atoms. The molecule has 0 aromatic heterocycles. The van der Waals surface area contributed by atoms with Crippen LogP contribution in [-0.2, 0) is 9.59 Å². The van der Waals surface area contributed by atoms with Gasteiger partial charge in [-0.15, -0.1) is 0 Å². The van der Waals surface area contributed by atoms with E-state index in [9.17, 15) is 9.59 Å². The molecule has 0 saturated carbocycles. The Labute approximate surface area is 96.7 Å². The Balaban J connectivity index is 2.81. The van der Waals surface area contributed by atoms with Gasteiger partial charge in [0, 0.05) is 6.54 Å². The molecule has 1 N–H and O–H groups in total. The van der Waals surface area contributed by atoms with Crippen molar-refractivity contribution in [3.8, 4) is 0 Å². The fourth-order valence-electron chi connectivity index (χ4n) is 1.88. The van der Waals surface area contributed by atoms with E-state index in [2.05, 4.69) is 11.9 Å². The van der Waals surface area contributed by atoms with Gasteiger partial charge in [0.1, 0.15) is 12.1 Å². The molecule has 90 valence electrons. The van der Waals surface area contributed by atoms with Crippen LogP contribution >= 0.6 is 0 Å². The maximum atomic E-state index is 12.1. The molecule has 1 saturated heterocycles. The van der Waals surface area contributed by atoms with Gasteiger partial charge in [-0.05, 0) is 20.3 Å². The number of carbonyl (C=O) groups is 2. The van der Waals surface area contributed by atoms with Gasteiger partial charge in [0.2, 0.25) is 11.8 Å². The third kappa shape index (κ3) is 2.62. The smallest absolute Gasteiger partial charge is 0.246 e. The Morgan fingerprint density at radius 1 is 1.50 bits per heavy atom. The van der Waals surface area contributed by atoms with E-state index in [4.69, 9.17) is 0 Å². The summed E-state index contributed by atoms with van der Waals surface area (Å²) in [6.07, 6.45) is 1.58. The summed E-state index contributed by atoms with van der Waals surface area (Å²) >= 11 is 0. The van der Waals surface area contributed by atoms with E-state index >= 15 is 0 Å². The zero-order chi connectivity index (χ0) is 12.3. The number of hydrogen-bond acceptors (Lipinski definition) is 2. The molecule has 1 aliphatic rings. The maximum absolute atomic E-state index is 12.1. The fraction of sp³-hybridized carbons (Fsp3) is 0.667. The molecule has 1 rings (SSSR count). The largest absolute Gasteiger partial charge is 0.343 e. The van der Waals surface area contributed by atoms with Crippen molar-refractivity contribution in [2.45, 2.75) is 45.7 Å². The molecule has 0 radical (unpaired) electrons. The van der Waals surface area contributed by atoms with Gasteiger partial charge in [0.05, 0.1) is 0 Å². The number of amides is 2. The minimum Gasteiger partial charge on any atom is -0.343 e. The van der Waals surface area contributed by atoms with E-state index in [0.717, 1.165) is 12.0 Å². The number of nitrogens with one attached hydrogen (secondary N) is 1. The van der Waals surface area contributed by atoms with Crippen molar-refractivity contribution in [1.29, 1.82) is 0 Å². The lowest BCUT2D eigenvalue weighted by Gasteiger charge is -2.37. The topological polar surface area (TPSA) is 49.4 Å². The summed E-state index contributed by atoms with van der Waals surface area (Å²) in [5.41, 5.74) is 0.894. The summed E-state index contributed by atoms with van der Waals surface area (Å²) in [7, 11) is 0. The van der Waals surface area contributed by atoms with Gasteiger partial charge >= 0.3 is 0 Å². The average molecular weight is 224 g/mol. The first-order valence-electron chi connectivity index (χ1n) is 5.72. The molecule has 0 bridgehead atoms. The van der Waals surface area contributed by atoms with E-state index < -0.39 is 6.04 Å². The summed E-state index contributed by atoms with van der Waals surface area (Å²) in [6.45, 7) is 9.87. The summed E-state index contributed by atoms with van der Waals surface area (Å²) < 4.78 is 0. The van der Waals surface area contributed by atoms with E-state index in [1.807, 2.05) is 13.8 Å². The van der Waals surface area contributed by atoms with Gasteiger partial charge < -0.3 is 10.2 Å². The summed E-state index contributed by atoms with van der Waals surface area (Å²) in [6, 6.07) is -0.745. The molecule has 2 amide bonds. The molecular weight excluding hydrogens is 204 g/mol. The van der Waals surface area contributed by atoms with Crippen LogP contribution in [0.5, 0.6) is 0 Å². The fourth-order valence-corrected chi connectivity index (χ4v) is 1.88. The lowest BCUT2D eigenvalue weighted by molar-refractivity contribution is -0.148. The quantitative estimate of drug-likeness (QED) is 0.726. The first kappa shape index (κ1) is 12.7. The second-order valence-electron chi connectivity index (χ2n) is 4.45. The van der Waals surface area contributed by atoms with Crippen LogP contribution in [0, 0.1) is 0 Å². The van der Waals surface area contributed by atoms with Crippen molar-refractivity contribution in [3.63, 3.8) is 0 Å². The van der Waals surface area contributed by atoms with E-state index in [1.54, 1.807) is 11.8 Å². The van der Waals surface area contributed by atoms with Gasteiger partial charge in [-0.25, -0.2) is 0 Å². The highest BCUT2D eigenvalue weighted by Crippen LogP contribution is 2.14. The lowest BCUT2D eigenvalue weighted by atomic mass is 10.0. The molecule has 4 heteroatoms. The monoisotopic (exact) mass is 224 g/mol. The molecule has 0 aromatic rings. The predicted molar refractivity (Wildman–Crippen MR) is 62.8 cm³/mol. The molecule has 0 aliphatic carbocycles. The van der Waals surface area contributed by atoms with Crippen molar-refractivity contribution in [2.24, 2.45) is 0 Å². The molecule has 4 nitrogen and oxygen atoms in total. The third-order valence-corrected chi connectivity index (χ3v) is 2.76. The van der Waals surface area contributed by atoms with Gasteiger partial charge in [-0.2, -0.15) is 0 Å². The van der Waals surface area contributed by atoms with Crippen molar-refractivity contribution in [1.82, 2.24) is 10.2 Å². The minimum atomic E-state index is -0.391. The Bertz CT molecular complexity index is 312. The molecule has 1 fully saturated rings. The number of nitrogens with zero attached hydrogens (tertiary/aromatic N) is 1. The zero-order valence-corrected chi connectivity index (χ0v) is 10.2. The van der Waals surface area contributed by atoms with Crippen LogP contribution in [0.1, 0.15) is 33.6 Å². The minimum absolute atomic E-state index is 0.0111. The highest BCUT2D eigenvalue weighted by molar-refractivity contribution is 5.96. The Hall–Kier alpha value is -1.32. The second-order valence-corrected chi connectivity index (χ2v) is 4.45. The SMILES string of the molecule is C=C(C)CN1C(=O)C(CCC)NC(=O)C1C. The van der Waals surface area contributed by atoms with Crippen LogP contribution in [0.15, 0.2) is 12.2 Å². The van der Waals surface area contributed by atoms with Crippen molar-refractivity contribution in [2.75, 3.05) is 6.54 Å². The van der Waals surface area contributed by atoms with Crippen LogP contribution in [0.2, 0.25) is 0 Å². The van der Waals surface area contributed by atoms with Gasteiger partial charge in [-0.1, -0.05) is 25.5 Å². The normalized spacial score (nSPS) is 25.6. The van der Waals surface area contributed by atoms with E-state index in [-0.39, 0.29) is 17.9 Å². The Morgan fingerprint density at radius 3 is 2.62 bits per heavy atom. The average Bonchev–Trinajstić information content (AvgIpc) is 2.21. The van der Waals surface area contributed by atoms with Crippen molar-refractivity contribution < 1.29 is 9.59 Å². The zero-order valence-electron chi connectivity index (χ0n) is 10.2. The highest BCUT2D eigenvalue weighted by atomic mass is 16.2. The summed E-state index contributed by atoms with van der Waals surface area (Å²) in [5.74, 6) is -0.0590. The molecule has 2 unspecified atom stereocenters. The van der Waals surface area contributed by atoms with Crippen LogP contribution in [0.4, 0.5) is 0 Å². The highest BCUT2D eigenvalue weighted by Gasteiger charge is 2.37. The standard InChI is InChI=1S/C12H20N2O2/c1-5-6-10-12(16)14(7-8(2)3)9(4)11(15)13-10/h9-10H,2,5-7H2,1,3-4H3,(H,13,15). The van der Waals surface area contributed by atoms with Gasteiger partial charge in [0.25, 0.3) is 0 Å². The van der Waals surface area contributed by atoms with Crippen molar-refractivity contribution in [3.05, 3.63) is 12.2 Å². The summed E-state index contributed by atoms with van der Waals surface area (Å²) in [5, 5.41) is 2.76. The summed E-state index contributed by atoms with van der Waals surface area (Å²) in [4.78, 5) is 25.4. The molecule has 0 aromatic carbocycles. The Kier molecular flexibility index (Phi) is 4.10. The van der Waals surface area contributed by atoms with Gasteiger partial charge in [-0.3, -0.25) is 9.59 Å². The number of rotatable bonds is 4. The first-order valence-corrected chi connectivity index (χ1v) is 5.72. The molecule has 2 atom stereocenters. The van der Waals surface area contributed by atoms with Crippen LogP contribution < -0.4 is 5.32 Å².